The van der Waals surface area contributed by atoms with Gasteiger partial charge in [0.15, 0.2) is 0 Å². The highest BCUT2D eigenvalue weighted by Gasteiger charge is 2.24. The summed E-state index contributed by atoms with van der Waals surface area (Å²) in [5.41, 5.74) is 5.04. The van der Waals surface area contributed by atoms with E-state index in [1.165, 1.54) is 6.33 Å². The number of nitrogens with one attached hydrogen (secondary N) is 2. The van der Waals surface area contributed by atoms with E-state index in [0.717, 1.165) is 11.3 Å². The van der Waals surface area contributed by atoms with Gasteiger partial charge in [-0.25, -0.2) is 9.78 Å². The number of carbonyl (C=O) groups excluding carboxylic acids is 2. The van der Waals surface area contributed by atoms with E-state index in [1.807, 2.05) is 0 Å². The van der Waals surface area contributed by atoms with Crippen molar-refractivity contribution in [2.24, 2.45) is 5.73 Å². The number of aryl methyl sites for hydroxylation is 1. The molecular weight excluding hydrogens is 324 g/mol. The van der Waals surface area contributed by atoms with Gasteiger partial charge in [-0.3, -0.25) is 14.4 Å². The number of hydrogen-bond acceptors (Lipinski definition) is 6. The van der Waals surface area contributed by atoms with Crippen LogP contribution in [-0.4, -0.2) is 38.9 Å². The fraction of sp³-hybridized carbons (Fsp3) is 0.308. The van der Waals surface area contributed by atoms with Gasteiger partial charge < -0.3 is 21.1 Å². The third-order valence-electron chi connectivity index (χ3n) is 3.22. The van der Waals surface area contributed by atoms with E-state index >= 15 is 0 Å². The molecule has 10 heteroatoms. The number of carbonyl (C=O) groups is 3. The molecule has 0 saturated carbocycles. The smallest absolute Gasteiger partial charge is 0.326 e. The maximum absolute atomic E-state index is 12.3. The molecule has 2 amide bonds. The lowest BCUT2D eigenvalue weighted by Crippen LogP contribution is -2.41. The lowest BCUT2D eigenvalue weighted by Gasteiger charge is -2.13. The van der Waals surface area contributed by atoms with E-state index in [9.17, 15) is 19.2 Å². The molecule has 5 N–H and O–H groups in total. The van der Waals surface area contributed by atoms with Crippen molar-refractivity contribution in [1.82, 2.24) is 15.3 Å². The maximum atomic E-state index is 12.3. The van der Waals surface area contributed by atoms with Gasteiger partial charge in [-0.05, 0) is 18.9 Å². The van der Waals surface area contributed by atoms with Crippen molar-refractivity contribution in [3.8, 4) is 0 Å². The van der Waals surface area contributed by atoms with Crippen molar-refractivity contribution in [2.75, 3.05) is 0 Å². The molecule has 122 valence electrons. The van der Waals surface area contributed by atoms with Crippen molar-refractivity contribution in [3.63, 3.8) is 0 Å². The Morgan fingerprint density at radius 1 is 1.48 bits per heavy atom. The van der Waals surface area contributed by atoms with Crippen LogP contribution in [0.3, 0.4) is 0 Å². The van der Waals surface area contributed by atoms with Crippen LogP contribution >= 0.6 is 11.3 Å². The van der Waals surface area contributed by atoms with Gasteiger partial charge in [0.05, 0.1) is 16.6 Å². The monoisotopic (exact) mass is 338 g/mol. The first-order chi connectivity index (χ1) is 10.8. The zero-order chi connectivity index (χ0) is 17.1. The largest absolute Gasteiger partial charge is 0.480 e. The van der Waals surface area contributed by atoms with Crippen LogP contribution < -0.4 is 16.6 Å². The molecule has 9 nitrogen and oxygen atoms in total. The van der Waals surface area contributed by atoms with Gasteiger partial charge in [0.1, 0.15) is 10.9 Å². The summed E-state index contributed by atoms with van der Waals surface area (Å²) >= 11 is 0.997. The SMILES string of the molecule is Cc1c(C(=O)NC(CCC(N)=O)C(=O)O)sc2nc[nH]c(=O)c12. The van der Waals surface area contributed by atoms with Crippen LogP contribution in [0.25, 0.3) is 10.2 Å². The average molecular weight is 338 g/mol. The van der Waals surface area contributed by atoms with Crippen molar-refractivity contribution in [1.29, 1.82) is 0 Å². The Morgan fingerprint density at radius 3 is 2.74 bits per heavy atom. The number of thiophene rings is 1. The molecule has 1 atom stereocenters. The van der Waals surface area contributed by atoms with E-state index in [1.54, 1.807) is 6.92 Å². The second-order valence-electron chi connectivity index (χ2n) is 4.84. The molecule has 23 heavy (non-hydrogen) atoms. The van der Waals surface area contributed by atoms with Crippen LogP contribution in [0.5, 0.6) is 0 Å². The summed E-state index contributed by atoms with van der Waals surface area (Å²) in [4.78, 5) is 53.0. The van der Waals surface area contributed by atoms with Gasteiger partial charge >= 0.3 is 5.97 Å². The van der Waals surface area contributed by atoms with Gasteiger partial charge in [-0.15, -0.1) is 11.3 Å². The third-order valence-corrected chi connectivity index (χ3v) is 4.42. The van der Waals surface area contributed by atoms with Crippen molar-refractivity contribution in [3.05, 3.63) is 27.1 Å². The normalized spacial score (nSPS) is 12.0. The molecule has 0 radical (unpaired) electrons. The first-order valence-electron chi connectivity index (χ1n) is 6.60. The van der Waals surface area contributed by atoms with Crippen molar-refractivity contribution in [2.45, 2.75) is 25.8 Å². The second-order valence-corrected chi connectivity index (χ2v) is 5.84. The van der Waals surface area contributed by atoms with Crippen molar-refractivity contribution < 1.29 is 19.5 Å². The van der Waals surface area contributed by atoms with Gasteiger partial charge in [-0.1, -0.05) is 0 Å². The number of amides is 2. The van der Waals surface area contributed by atoms with Crippen molar-refractivity contribution >= 4 is 39.3 Å². The lowest BCUT2D eigenvalue weighted by atomic mass is 10.1. The van der Waals surface area contributed by atoms with Crippen LogP contribution in [0, 0.1) is 6.92 Å². The Balaban J connectivity index is 2.27. The summed E-state index contributed by atoms with van der Waals surface area (Å²) in [5.74, 6) is -2.56. The number of aliphatic carboxylic acids is 1. The Hall–Kier alpha value is -2.75. The summed E-state index contributed by atoms with van der Waals surface area (Å²) < 4.78 is 0. The molecule has 0 aliphatic rings. The number of aromatic nitrogens is 2. The van der Waals surface area contributed by atoms with E-state index < -0.39 is 23.8 Å². The minimum absolute atomic E-state index is 0.112. The molecule has 2 aromatic heterocycles. The Labute approximate surface area is 133 Å². The van der Waals surface area contributed by atoms with Crippen LogP contribution in [0.4, 0.5) is 0 Å². The Kier molecular flexibility index (Phi) is 4.74. The van der Waals surface area contributed by atoms with E-state index in [2.05, 4.69) is 15.3 Å². The number of aromatic amines is 1. The topological polar surface area (TPSA) is 155 Å². The van der Waals surface area contributed by atoms with Crippen LogP contribution in [0.1, 0.15) is 28.1 Å². The summed E-state index contributed by atoms with van der Waals surface area (Å²) in [6, 6.07) is -1.24. The van der Waals surface area contributed by atoms with Gasteiger partial charge in [-0.2, -0.15) is 0 Å². The number of H-pyrrole nitrogens is 1. The summed E-state index contributed by atoms with van der Waals surface area (Å²) in [6.45, 7) is 1.59. The predicted octanol–water partition coefficient (Wildman–Crippen LogP) is -0.258. The molecule has 0 bridgehead atoms. The van der Waals surface area contributed by atoms with E-state index in [0.29, 0.717) is 15.8 Å². The van der Waals surface area contributed by atoms with Crippen LogP contribution in [0.15, 0.2) is 11.1 Å². The second kappa shape index (κ2) is 6.57. The highest BCUT2D eigenvalue weighted by Crippen LogP contribution is 2.26. The molecule has 1 unspecified atom stereocenters. The van der Waals surface area contributed by atoms with Gasteiger partial charge in [0, 0.05) is 6.42 Å². The zero-order valence-electron chi connectivity index (χ0n) is 12.1. The zero-order valence-corrected chi connectivity index (χ0v) is 12.9. The summed E-state index contributed by atoms with van der Waals surface area (Å²) in [6.07, 6.45) is 0.957. The number of nitrogens with zero attached hydrogens (tertiary/aromatic N) is 1. The molecule has 2 rings (SSSR count). The first kappa shape index (κ1) is 16.6. The number of hydrogen-bond donors (Lipinski definition) is 4. The van der Waals surface area contributed by atoms with E-state index in [4.69, 9.17) is 10.8 Å². The number of primary amides is 1. The molecule has 0 aliphatic heterocycles. The molecule has 2 heterocycles. The van der Waals surface area contributed by atoms with Gasteiger partial charge in [0.25, 0.3) is 11.5 Å². The molecule has 2 aromatic rings. The highest BCUT2D eigenvalue weighted by atomic mass is 32.1. The molecular formula is C13H14N4O5S. The van der Waals surface area contributed by atoms with Crippen LogP contribution in [-0.2, 0) is 9.59 Å². The standard InChI is InChI=1S/C13H14N4O5S/c1-5-8-10(19)15-4-16-12(8)23-9(5)11(20)17-6(13(21)22)2-3-7(14)18/h4,6H,2-3H2,1H3,(H2,14,18)(H,17,20)(H,21,22)(H,15,16,19). The van der Waals surface area contributed by atoms with Gasteiger partial charge in [0.2, 0.25) is 5.91 Å². The number of carboxylic acids is 1. The number of fused-ring (bicyclic) bond motifs is 1. The molecule has 0 fully saturated rings. The van der Waals surface area contributed by atoms with Crippen LogP contribution in [0.2, 0.25) is 0 Å². The fourth-order valence-electron chi connectivity index (χ4n) is 2.06. The number of rotatable bonds is 6. The summed E-state index contributed by atoms with van der Waals surface area (Å²) in [5, 5.41) is 11.7. The maximum Gasteiger partial charge on any atom is 0.326 e. The molecule has 0 spiro atoms. The number of carboxylic acid groups (broad SMARTS) is 1. The molecule has 0 saturated heterocycles. The van der Waals surface area contributed by atoms with E-state index in [-0.39, 0.29) is 23.3 Å². The fourth-order valence-corrected chi connectivity index (χ4v) is 3.12. The predicted molar refractivity (Wildman–Crippen MR) is 82.3 cm³/mol. The average Bonchev–Trinajstić information content (AvgIpc) is 2.81. The summed E-state index contributed by atoms with van der Waals surface area (Å²) in [7, 11) is 0. The number of nitrogens with two attached hydrogens (primary N) is 1. The highest BCUT2D eigenvalue weighted by molar-refractivity contribution is 7.20. The lowest BCUT2D eigenvalue weighted by molar-refractivity contribution is -0.139. The Morgan fingerprint density at radius 2 is 2.17 bits per heavy atom. The first-order valence-corrected chi connectivity index (χ1v) is 7.41. The third kappa shape index (κ3) is 3.54. The Bertz CT molecular complexity index is 840. The molecule has 0 aromatic carbocycles. The minimum Gasteiger partial charge on any atom is -0.480 e. The quantitative estimate of drug-likeness (QED) is 0.569. The molecule has 0 aliphatic carbocycles. The minimum atomic E-state index is -1.27.